The molecule has 2 heterocycles. The van der Waals surface area contributed by atoms with E-state index in [1.165, 1.54) is 31.4 Å². The van der Waals surface area contributed by atoms with Crippen LogP contribution in [-0.2, 0) is 0 Å². The molecule has 100 valence electrons. The van der Waals surface area contributed by atoms with E-state index in [4.69, 9.17) is 4.74 Å². The Labute approximate surface area is 110 Å². The maximum absolute atomic E-state index is 5.58. The molecule has 3 heteroatoms. The summed E-state index contributed by atoms with van der Waals surface area (Å²) >= 11 is 0. The fourth-order valence-corrected chi connectivity index (χ4v) is 2.65. The van der Waals surface area contributed by atoms with Crippen molar-refractivity contribution in [3.05, 3.63) is 23.9 Å². The van der Waals surface area contributed by atoms with Gasteiger partial charge in [-0.3, -0.25) is 4.90 Å². The lowest BCUT2D eigenvalue weighted by Gasteiger charge is -2.35. The maximum Gasteiger partial charge on any atom is 0.213 e. The minimum atomic E-state index is 0.185. The highest BCUT2D eigenvalue weighted by atomic mass is 16.5. The highest BCUT2D eigenvalue weighted by Gasteiger charge is 2.22. The van der Waals surface area contributed by atoms with Gasteiger partial charge in [0.1, 0.15) is 0 Å². The van der Waals surface area contributed by atoms with E-state index in [9.17, 15) is 0 Å². The summed E-state index contributed by atoms with van der Waals surface area (Å²) in [5.41, 5.74) is 1.33. The molecule has 0 radical (unpaired) electrons. The Kier molecular flexibility index (Phi) is 4.59. The van der Waals surface area contributed by atoms with E-state index in [-0.39, 0.29) is 6.10 Å². The number of ether oxygens (including phenoxy) is 1. The average molecular weight is 248 g/mol. The number of likely N-dealkylation sites (tertiary alicyclic amines) is 1. The second-order valence-corrected chi connectivity index (χ2v) is 5.24. The van der Waals surface area contributed by atoms with Crippen molar-refractivity contribution in [2.45, 2.75) is 52.2 Å². The van der Waals surface area contributed by atoms with Crippen LogP contribution in [0.2, 0.25) is 0 Å². The zero-order valence-corrected chi connectivity index (χ0v) is 11.7. The highest BCUT2D eigenvalue weighted by molar-refractivity contribution is 5.21. The Morgan fingerprint density at radius 2 is 2.22 bits per heavy atom. The summed E-state index contributed by atoms with van der Waals surface area (Å²) in [7, 11) is 0. The molecule has 1 aliphatic rings. The molecule has 1 aromatic rings. The van der Waals surface area contributed by atoms with Crippen LogP contribution in [0.1, 0.15) is 51.6 Å². The Morgan fingerprint density at radius 1 is 1.39 bits per heavy atom. The predicted molar refractivity (Wildman–Crippen MR) is 73.8 cm³/mol. The molecule has 1 fully saturated rings. The van der Waals surface area contributed by atoms with Gasteiger partial charge in [-0.05, 0) is 45.3 Å². The van der Waals surface area contributed by atoms with E-state index in [1.807, 2.05) is 26.1 Å². The monoisotopic (exact) mass is 248 g/mol. The highest BCUT2D eigenvalue weighted by Crippen LogP contribution is 2.30. The first-order chi connectivity index (χ1) is 8.70. The Morgan fingerprint density at radius 3 is 2.83 bits per heavy atom. The molecule has 1 aliphatic heterocycles. The molecule has 0 N–H and O–H groups in total. The van der Waals surface area contributed by atoms with E-state index < -0.39 is 0 Å². The van der Waals surface area contributed by atoms with Crippen molar-refractivity contribution in [3.63, 3.8) is 0 Å². The summed E-state index contributed by atoms with van der Waals surface area (Å²) in [6.07, 6.45) is 6.07. The van der Waals surface area contributed by atoms with Gasteiger partial charge in [0, 0.05) is 18.3 Å². The second kappa shape index (κ2) is 6.19. The summed E-state index contributed by atoms with van der Waals surface area (Å²) < 4.78 is 5.58. The SMILES string of the molecule is CCN1CCCC[C@@H]1c1ccc(OC(C)C)nc1. The van der Waals surface area contributed by atoms with Crippen molar-refractivity contribution >= 4 is 0 Å². The van der Waals surface area contributed by atoms with Crippen LogP contribution in [-0.4, -0.2) is 29.1 Å². The van der Waals surface area contributed by atoms with Crippen LogP contribution < -0.4 is 4.74 Å². The van der Waals surface area contributed by atoms with E-state index in [0.717, 1.165) is 12.4 Å². The van der Waals surface area contributed by atoms with Gasteiger partial charge in [0.25, 0.3) is 0 Å². The normalized spacial score (nSPS) is 21.2. The molecule has 0 unspecified atom stereocenters. The lowest BCUT2D eigenvalue weighted by molar-refractivity contribution is 0.156. The lowest BCUT2D eigenvalue weighted by atomic mass is 9.96. The third-order valence-electron chi connectivity index (χ3n) is 3.52. The summed E-state index contributed by atoms with van der Waals surface area (Å²) in [6, 6.07) is 4.71. The molecule has 3 nitrogen and oxygen atoms in total. The zero-order valence-electron chi connectivity index (χ0n) is 11.7. The quantitative estimate of drug-likeness (QED) is 0.816. The molecular formula is C15H24N2O. The minimum absolute atomic E-state index is 0.185. The predicted octanol–water partition coefficient (Wildman–Crippen LogP) is 3.42. The lowest BCUT2D eigenvalue weighted by Crippen LogP contribution is -2.33. The zero-order chi connectivity index (χ0) is 13.0. The Bertz CT molecular complexity index is 361. The van der Waals surface area contributed by atoms with Crippen LogP contribution in [0.5, 0.6) is 5.88 Å². The average Bonchev–Trinajstić information content (AvgIpc) is 2.39. The molecule has 2 rings (SSSR count). The molecule has 0 saturated carbocycles. The van der Waals surface area contributed by atoms with Gasteiger partial charge in [0.2, 0.25) is 5.88 Å². The Balaban J connectivity index is 2.07. The molecule has 0 aliphatic carbocycles. The van der Waals surface area contributed by atoms with Crippen molar-refractivity contribution in [2.75, 3.05) is 13.1 Å². The van der Waals surface area contributed by atoms with Crippen molar-refractivity contribution in [3.8, 4) is 5.88 Å². The topological polar surface area (TPSA) is 25.4 Å². The van der Waals surface area contributed by atoms with Gasteiger partial charge in [0.05, 0.1) is 6.10 Å². The smallest absolute Gasteiger partial charge is 0.213 e. The molecular weight excluding hydrogens is 224 g/mol. The number of pyridine rings is 1. The standard InChI is InChI=1S/C15H24N2O/c1-4-17-10-6-5-7-14(17)13-8-9-15(16-11-13)18-12(2)3/h8-9,11-12,14H,4-7,10H2,1-3H3/t14-/m1/s1. The fourth-order valence-electron chi connectivity index (χ4n) is 2.65. The van der Waals surface area contributed by atoms with Gasteiger partial charge in [-0.15, -0.1) is 0 Å². The van der Waals surface area contributed by atoms with Gasteiger partial charge in [-0.25, -0.2) is 4.98 Å². The van der Waals surface area contributed by atoms with E-state index in [0.29, 0.717) is 6.04 Å². The minimum Gasteiger partial charge on any atom is -0.475 e. The van der Waals surface area contributed by atoms with Crippen LogP contribution in [0, 0.1) is 0 Å². The van der Waals surface area contributed by atoms with Gasteiger partial charge in [0.15, 0.2) is 0 Å². The van der Waals surface area contributed by atoms with Crippen LogP contribution in [0.3, 0.4) is 0 Å². The second-order valence-electron chi connectivity index (χ2n) is 5.24. The molecule has 0 bridgehead atoms. The number of hydrogen-bond donors (Lipinski definition) is 0. The van der Waals surface area contributed by atoms with Gasteiger partial charge < -0.3 is 4.74 Å². The number of piperidine rings is 1. The van der Waals surface area contributed by atoms with Crippen LogP contribution in [0.25, 0.3) is 0 Å². The molecule has 1 aromatic heterocycles. The molecule has 1 atom stereocenters. The molecule has 18 heavy (non-hydrogen) atoms. The Hall–Kier alpha value is -1.09. The molecule has 0 aromatic carbocycles. The molecule has 1 saturated heterocycles. The number of nitrogens with zero attached hydrogens (tertiary/aromatic N) is 2. The van der Waals surface area contributed by atoms with E-state index >= 15 is 0 Å². The fraction of sp³-hybridized carbons (Fsp3) is 0.667. The first-order valence-corrected chi connectivity index (χ1v) is 7.07. The van der Waals surface area contributed by atoms with Crippen molar-refractivity contribution in [2.24, 2.45) is 0 Å². The number of rotatable bonds is 4. The maximum atomic E-state index is 5.58. The van der Waals surface area contributed by atoms with Crippen molar-refractivity contribution in [1.29, 1.82) is 0 Å². The van der Waals surface area contributed by atoms with E-state index in [1.54, 1.807) is 0 Å². The van der Waals surface area contributed by atoms with Crippen LogP contribution in [0.4, 0.5) is 0 Å². The summed E-state index contributed by atoms with van der Waals surface area (Å²) in [5, 5.41) is 0. The largest absolute Gasteiger partial charge is 0.475 e. The number of hydrogen-bond acceptors (Lipinski definition) is 3. The third kappa shape index (κ3) is 3.22. The first-order valence-electron chi connectivity index (χ1n) is 7.07. The van der Waals surface area contributed by atoms with Gasteiger partial charge in [-0.1, -0.05) is 19.4 Å². The summed E-state index contributed by atoms with van der Waals surface area (Å²) in [5.74, 6) is 0.729. The summed E-state index contributed by atoms with van der Waals surface area (Å²) in [6.45, 7) is 8.62. The van der Waals surface area contributed by atoms with Crippen molar-refractivity contribution < 1.29 is 4.74 Å². The van der Waals surface area contributed by atoms with Crippen LogP contribution >= 0.6 is 0 Å². The van der Waals surface area contributed by atoms with Gasteiger partial charge >= 0.3 is 0 Å². The van der Waals surface area contributed by atoms with Crippen molar-refractivity contribution in [1.82, 2.24) is 9.88 Å². The summed E-state index contributed by atoms with van der Waals surface area (Å²) in [4.78, 5) is 6.96. The third-order valence-corrected chi connectivity index (χ3v) is 3.52. The molecule has 0 amide bonds. The number of aromatic nitrogens is 1. The first kappa shape index (κ1) is 13.3. The molecule has 0 spiro atoms. The van der Waals surface area contributed by atoms with Crippen LogP contribution in [0.15, 0.2) is 18.3 Å². The van der Waals surface area contributed by atoms with Gasteiger partial charge in [-0.2, -0.15) is 0 Å². The van der Waals surface area contributed by atoms with E-state index in [2.05, 4.69) is 22.9 Å².